The summed E-state index contributed by atoms with van der Waals surface area (Å²) in [5.41, 5.74) is 0. The number of hydrogen-bond acceptors (Lipinski definition) is 4. The molecular weight excluding hydrogens is 337 g/mol. The Kier molecular flexibility index (Phi) is 5.32. The van der Waals surface area contributed by atoms with Gasteiger partial charge in [0.05, 0.1) is 20.7 Å². The largest absolute Gasteiger partial charge is 0.250 e. The van der Waals surface area contributed by atoms with E-state index >= 15 is 0 Å². The Bertz CT molecular complexity index is 691. The number of sulfone groups is 1. The lowest BCUT2D eigenvalue weighted by Gasteiger charge is -2.06. The van der Waals surface area contributed by atoms with Gasteiger partial charge in [0, 0.05) is 17.0 Å². The van der Waals surface area contributed by atoms with Crippen LogP contribution in [0.15, 0.2) is 52.5 Å². The highest BCUT2D eigenvalue weighted by Crippen LogP contribution is 2.26. The molecule has 7 heteroatoms. The molecule has 0 aliphatic rings. The molecule has 2 rings (SSSR count). The van der Waals surface area contributed by atoms with Crippen LogP contribution in [-0.4, -0.2) is 24.9 Å². The molecule has 0 saturated carbocycles. The average molecular weight is 348 g/mol. The van der Waals surface area contributed by atoms with Crippen LogP contribution in [0, 0.1) is 0 Å². The lowest BCUT2D eigenvalue weighted by Crippen LogP contribution is -2.09. The van der Waals surface area contributed by atoms with E-state index in [1.165, 1.54) is 23.9 Å². The maximum Gasteiger partial charge on any atom is 0.180 e. The maximum absolute atomic E-state index is 12.2. The predicted octanol–water partition coefficient (Wildman–Crippen LogP) is 3.95. The molecular formula is C13H11Cl2NO2S2. The van der Waals surface area contributed by atoms with Crippen LogP contribution in [0.1, 0.15) is 0 Å². The van der Waals surface area contributed by atoms with Crippen molar-refractivity contribution in [3.05, 3.63) is 52.6 Å². The molecule has 1 aromatic carbocycles. The first kappa shape index (κ1) is 15.6. The van der Waals surface area contributed by atoms with Crippen LogP contribution in [0.2, 0.25) is 10.0 Å². The van der Waals surface area contributed by atoms with E-state index in [2.05, 4.69) is 4.98 Å². The van der Waals surface area contributed by atoms with Gasteiger partial charge in [0.2, 0.25) is 0 Å². The monoisotopic (exact) mass is 347 g/mol. The van der Waals surface area contributed by atoms with Crippen LogP contribution in [0.25, 0.3) is 0 Å². The minimum Gasteiger partial charge on any atom is -0.250 e. The Morgan fingerprint density at radius 3 is 2.65 bits per heavy atom. The molecule has 0 spiro atoms. The molecule has 2 aromatic rings. The number of halogens is 2. The molecule has 0 N–H and O–H groups in total. The molecule has 0 radical (unpaired) electrons. The molecule has 20 heavy (non-hydrogen) atoms. The molecule has 106 valence electrons. The third kappa shape index (κ3) is 4.12. The number of aromatic nitrogens is 1. The van der Waals surface area contributed by atoms with Gasteiger partial charge < -0.3 is 0 Å². The minimum atomic E-state index is -3.45. The molecule has 0 unspecified atom stereocenters. The summed E-state index contributed by atoms with van der Waals surface area (Å²) in [6.07, 6.45) is 1.67. The van der Waals surface area contributed by atoms with Gasteiger partial charge >= 0.3 is 0 Å². The van der Waals surface area contributed by atoms with Gasteiger partial charge in [-0.3, -0.25) is 0 Å². The van der Waals surface area contributed by atoms with Crippen LogP contribution >= 0.6 is 35.0 Å². The lowest BCUT2D eigenvalue weighted by atomic mass is 10.4. The summed E-state index contributed by atoms with van der Waals surface area (Å²) < 4.78 is 24.4. The summed E-state index contributed by atoms with van der Waals surface area (Å²) in [4.78, 5) is 4.20. The molecule has 0 aliphatic carbocycles. The molecule has 0 amide bonds. The van der Waals surface area contributed by atoms with E-state index < -0.39 is 9.84 Å². The van der Waals surface area contributed by atoms with Crippen LogP contribution in [0.5, 0.6) is 0 Å². The van der Waals surface area contributed by atoms with Gasteiger partial charge in [0.1, 0.15) is 0 Å². The standard InChI is InChI=1S/C13H11Cl2NO2S2/c14-10-4-5-11(15)12(9-10)20(17,18)8-7-19-13-3-1-2-6-16-13/h1-6,9H,7-8H2. The smallest absolute Gasteiger partial charge is 0.180 e. The van der Waals surface area contributed by atoms with Gasteiger partial charge in [-0.05, 0) is 30.3 Å². The van der Waals surface area contributed by atoms with Crippen LogP contribution in [-0.2, 0) is 9.84 Å². The topological polar surface area (TPSA) is 47.0 Å². The second-order valence-corrected chi connectivity index (χ2v) is 7.95. The van der Waals surface area contributed by atoms with E-state index in [0.29, 0.717) is 10.8 Å². The highest BCUT2D eigenvalue weighted by Gasteiger charge is 2.18. The second kappa shape index (κ2) is 6.80. The quantitative estimate of drug-likeness (QED) is 0.768. The average Bonchev–Trinajstić information content (AvgIpc) is 2.42. The number of hydrogen-bond donors (Lipinski definition) is 0. The first-order chi connectivity index (χ1) is 9.49. The van der Waals surface area contributed by atoms with Crippen molar-refractivity contribution in [2.75, 3.05) is 11.5 Å². The zero-order valence-electron chi connectivity index (χ0n) is 10.3. The third-order valence-electron chi connectivity index (χ3n) is 2.47. The number of nitrogens with zero attached hydrogens (tertiary/aromatic N) is 1. The van der Waals surface area contributed by atoms with Crippen molar-refractivity contribution in [2.24, 2.45) is 0 Å². The Labute approximate surface area is 132 Å². The summed E-state index contributed by atoms with van der Waals surface area (Å²) in [6.45, 7) is 0. The molecule has 0 atom stereocenters. The predicted molar refractivity (Wildman–Crippen MR) is 83.5 cm³/mol. The van der Waals surface area contributed by atoms with Gasteiger partial charge in [-0.2, -0.15) is 0 Å². The zero-order valence-corrected chi connectivity index (χ0v) is 13.4. The second-order valence-electron chi connectivity index (χ2n) is 3.91. The normalized spacial score (nSPS) is 11.5. The minimum absolute atomic E-state index is 0.0195. The molecule has 1 heterocycles. The van der Waals surface area contributed by atoms with E-state index in [1.54, 1.807) is 12.3 Å². The first-order valence-electron chi connectivity index (χ1n) is 5.71. The fourth-order valence-electron chi connectivity index (χ4n) is 1.51. The Morgan fingerprint density at radius 2 is 1.95 bits per heavy atom. The molecule has 0 saturated heterocycles. The molecule has 1 aromatic heterocycles. The van der Waals surface area contributed by atoms with Crippen LogP contribution in [0.3, 0.4) is 0 Å². The summed E-state index contributed by atoms with van der Waals surface area (Å²) in [5.74, 6) is 0.385. The van der Waals surface area contributed by atoms with E-state index in [4.69, 9.17) is 23.2 Å². The fraction of sp³-hybridized carbons (Fsp3) is 0.154. The summed E-state index contributed by atoms with van der Waals surface area (Å²) in [6, 6.07) is 9.94. The lowest BCUT2D eigenvalue weighted by molar-refractivity contribution is 0.597. The van der Waals surface area contributed by atoms with Gasteiger partial charge in [0.25, 0.3) is 0 Å². The van der Waals surface area contributed by atoms with E-state index in [-0.39, 0.29) is 15.7 Å². The fourth-order valence-corrected chi connectivity index (χ4v) is 4.84. The third-order valence-corrected chi connectivity index (χ3v) is 6.10. The van der Waals surface area contributed by atoms with E-state index in [1.807, 2.05) is 18.2 Å². The van der Waals surface area contributed by atoms with Crippen molar-refractivity contribution >= 4 is 44.8 Å². The summed E-state index contributed by atoms with van der Waals surface area (Å²) >= 11 is 13.1. The van der Waals surface area contributed by atoms with Gasteiger partial charge in [0.15, 0.2) is 9.84 Å². The number of pyridine rings is 1. The van der Waals surface area contributed by atoms with Crippen LogP contribution in [0.4, 0.5) is 0 Å². The van der Waals surface area contributed by atoms with E-state index in [9.17, 15) is 8.42 Å². The number of benzene rings is 1. The van der Waals surface area contributed by atoms with Crippen molar-refractivity contribution in [3.63, 3.8) is 0 Å². The SMILES string of the molecule is O=S(=O)(CCSc1ccccn1)c1cc(Cl)ccc1Cl. The van der Waals surface area contributed by atoms with Gasteiger partial charge in [-0.15, -0.1) is 11.8 Å². The maximum atomic E-state index is 12.2. The number of thioether (sulfide) groups is 1. The van der Waals surface area contributed by atoms with E-state index in [0.717, 1.165) is 5.03 Å². The van der Waals surface area contributed by atoms with Gasteiger partial charge in [-0.1, -0.05) is 29.3 Å². The van der Waals surface area contributed by atoms with Crippen molar-refractivity contribution in [2.45, 2.75) is 9.92 Å². The highest BCUT2D eigenvalue weighted by molar-refractivity contribution is 8.00. The summed E-state index contributed by atoms with van der Waals surface area (Å²) in [5, 5.41) is 1.34. The van der Waals surface area contributed by atoms with Crippen molar-refractivity contribution in [3.8, 4) is 0 Å². The Balaban J connectivity index is 2.06. The Morgan fingerprint density at radius 1 is 1.15 bits per heavy atom. The number of rotatable bonds is 5. The summed E-state index contributed by atoms with van der Waals surface area (Å²) in [7, 11) is -3.45. The van der Waals surface area contributed by atoms with Crippen molar-refractivity contribution < 1.29 is 8.42 Å². The molecule has 3 nitrogen and oxygen atoms in total. The Hall–Kier alpha value is -0.750. The van der Waals surface area contributed by atoms with Gasteiger partial charge in [-0.25, -0.2) is 13.4 Å². The van der Waals surface area contributed by atoms with Crippen LogP contribution < -0.4 is 0 Å². The molecule has 0 aliphatic heterocycles. The molecule has 0 bridgehead atoms. The van der Waals surface area contributed by atoms with Crippen molar-refractivity contribution in [1.82, 2.24) is 4.98 Å². The van der Waals surface area contributed by atoms with Crippen molar-refractivity contribution in [1.29, 1.82) is 0 Å². The zero-order chi connectivity index (χ0) is 14.6. The molecule has 0 fully saturated rings. The first-order valence-corrected chi connectivity index (χ1v) is 9.10. The highest BCUT2D eigenvalue weighted by atomic mass is 35.5.